The van der Waals surface area contributed by atoms with Crippen LogP contribution in [0.5, 0.6) is 0 Å². The number of carbonyl (C=O) groups excluding carboxylic acids is 1. The lowest BCUT2D eigenvalue weighted by Crippen LogP contribution is -2.18. The second-order valence-electron chi connectivity index (χ2n) is 8.88. The fourth-order valence-corrected chi connectivity index (χ4v) is 4.50. The van der Waals surface area contributed by atoms with Crippen molar-refractivity contribution >= 4 is 21.7 Å². The molecule has 1 atom stereocenters. The molecule has 1 aliphatic rings. The summed E-state index contributed by atoms with van der Waals surface area (Å²) >= 11 is 3.82. The van der Waals surface area contributed by atoms with Gasteiger partial charge in [0.05, 0.1) is 0 Å². The summed E-state index contributed by atoms with van der Waals surface area (Å²) in [4.78, 5) is 12.9. The Hall–Kier alpha value is -0.630. The maximum absolute atomic E-state index is 12.9. The van der Waals surface area contributed by atoms with Crippen molar-refractivity contribution in [2.45, 2.75) is 73.1 Å². The molecule has 0 N–H and O–H groups in total. The number of rotatable bonds is 2. The van der Waals surface area contributed by atoms with Gasteiger partial charge >= 0.3 is 0 Å². The molecule has 2 heteroatoms. The average Bonchev–Trinajstić information content (AvgIpc) is 2.64. The predicted molar refractivity (Wildman–Crippen MR) is 97.8 cm³/mol. The molecule has 0 amide bonds. The molecule has 0 radical (unpaired) electrons. The number of carbonyl (C=O) groups is 1. The van der Waals surface area contributed by atoms with Crippen LogP contribution in [-0.4, -0.2) is 5.78 Å². The third-order valence-corrected chi connectivity index (χ3v) is 5.53. The Morgan fingerprint density at radius 2 is 1.77 bits per heavy atom. The summed E-state index contributed by atoms with van der Waals surface area (Å²) in [6.45, 7) is 15.5. The molecule has 1 aliphatic carbocycles. The Morgan fingerprint density at radius 1 is 1.18 bits per heavy atom. The molecule has 0 heterocycles. The summed E-state index contributed by atoms with van der Waals surface area (Å²) in [5, 5.41) is 0. The summed E-state index contributed by atoms with van der Waals surface area (Å²) in [5.74, 6) is 0.491. The zero-order chi connectivity index (χ0) is 16.9. The Kier molecular flexibility index (Phi) is 4.65. The van der Waals surface area contributed by atoms with Crippen molar-refractivity contribution < 1.29 is 4.79 Å². The molecule has 0 saturated carbocycles. The SMILES string of the molecule is CCc1c(C(C)(C)C)cc2c(c1Br)CC(CC(C)(C)C)C2=O. The number of fused-ring (bicyclic) bond motifs is 1. The first kappa shape index (κ1) is 17.7. The minimum Gasteiger partial charge on any atom is -0.294 e. The molecule has 0 aliphatic heterocycles. The van der Waals surface area contributed by atoms with Crippen LogP contribution >= 0.6 is 15.9 Å². The van der Waals surface area contributed by atoms with E-state index in [0.29, 0.717) is 5.78 Å². The molecule has 2 rings (SSSR count). The van der Waals surface area contributed by atoms with Gasteiger partial charge in [0.2, 0.25) is 0 Å². The highest BCUT2D eigenvalue weighted by atomic mass is 79.9. The summed E-state index contributed by atoms with van der Waals surface area (Å²) in [5.41, 5.74) is 5.13. The molecule has 0 bridgehead atoms. The normalized spacial score (nSPS) is 18.7. The van der Waals surface area contributed by atoms with E-state index in [-0.39, 0.29) is 16.7 Å². The van der Waals surface area contributed by atoms with Gasteiger partial charge in [-0.1, -0.05) is 64.4 Å². The fourth-order valence-electron chi connectivity index (χ4n) is 3.63. The molecule has 0 aromatic heterocycles. The highest BCUT2D eigenvalue weighted by Crippen LogP contribution is 2.43. The summed E-state index contributed by atoms with van der Waals surface area (Å²) < 4.78 is 1.18. The Bertz CT molecular complexity index is 600. The molecular formula is C20H29BrO. The molecule has 0 spiro atoms. The maximum atomic E-state index is 12.9. The van der Waals surface area contributed by atoms with Crippen molar-refractivity contribution in [2.24, 2.45) is 11.3 Å². The lowest BCUT2D eigenvalue weighted by Gasteiger charge is -2.25. The van der Waals surface area contributed by atoms with Gasteiger partial charge in [-0.15, -0.1) is 0 Å². The predicted octanol–water partition coefficient (Wildman–Crippen LogP) is 6.10. The van der Waals surface area contributed by atoms with Gasteiger partial charge in [0.25, 0.3) is 0 Å². The van der Waals surface area contributed by atoms with Crippen molar-refractivity contribution in [1.29, 1.82) is 0 Å². The van der Waals surface area contributed by atoms with Gasteiger partial charge in [-0.05, 0) is 52.8 Å². The Balaban J connectivity index is 2.53. The van der Waals surface area contributed by atoms with Crippen LogP contribution in [0.1, 0.15) is 81.9 Å². The van der Waals surface area contributed by atoms with Crippen LogP contribution in [-0.2, 0) is 18.3 Å². The fraction of sp³-hybridized carbons (Fsp3) is 0.650. The van der Waals surface area contributed by atoms with E-state index in [2.05, 4.69) is 70.5 Å². The van der Waals surface area contributed by atoms with Crippen LogP contribution in [0.15, 0.2) is 10.5 Å². The highest BCUT2D eigenvalue weighted by Gasteiger charge is 2.36. The van der Waals surface area contributed by atoms with Crippen molar-refractivity contribution in [3.8, 4) is 0 Å². The average molecular weight is 365 g/mol. The second-order valence-corrected chi connectivity index (χ2v) is 9.67. The lowest BCUT2D eigenvalue weighted by molar-refractivity contribution is 0.0903. The molecule has 0 fully saturated rings. The summed E-state index contributed by atoms with van der Waals surface area (Å²) in [7, 11) is 0. The third kappa shape index (κ3) is 3.32. The highest BCUT2D eigenvalue weighted by molar-refractivity contribution is 9.10. The van der Waals surface area contributed by atoms with Crippen molar-refractivity contribution in [2.75, 3.05) is 0 Å². The molecule has 122 valence electrons. The van der Waals surface area contributed by atoms with Crippen LogP contribution < -0.4 is 0 Å². The zero-order valence-corrected chi connectivity index (χ0v) is 16.6. The largest absolute Gasteiger partial charge is 0.294 e. The second kappa shape index (κ2) is 5.78. The minimum atomic E-state index is 0.0608. The smallest absolute Gasteiger partial charge is 0.166 e. The first-order valence-corrected chi connectivity index (χ1v) is 9.14. The van der Waals surface area contributed by atoms with Crippen LogP contribution in [0.4, 0.5) is 0 Å². The van der Waals surface area contributed by atoms with Crippen LogP contribution in [0.3, 0.4) is 0 Å². The number of ketones is 1. The number of hydrogen-bond donors (Lipinski definition) is 0. The quantitative estimate of drug-likeness (QED) is 0.619. The van der Waals surface area contributed by atoms with Crippen LogP contribution in [0.25, 0.3) is 0 Å². The van der Waals surface area contributed by atoms with Gasteiger partial charge in [0.15, 0.2) is 5.78 Å². The summed E-state index contributed by atoms with van der Waals surface area (Å²) in [6.07, 6.45) is 2.85. The first-order valence-electron chi connectivity index (χ1n) is 8.34. The van der Waals surface area contributed by atoms with Gasteiger partial charge in [-0.2, -0.15) is 0 Å². The van der Waals surface area contributed by atoms with Gasteiger partial charge in [-0.25, -0.2) is 0 Å². The van der Waals surface area contributed by atoms with Crippen LogP contribution in [0, 0.1) is 11.3 Å². The molecular weight excluding hydrogens is 336 g/mol. The zero-order valence-electron chi connectivity index (χ0n) is 15.1. The lowest BCUT2D eigenvalue weighted by atomic mass is 9.81. The number of hydrogen-bond acceptors (Lipinski definition) is 1. The molecule has 0 saturated heterocycles. The molecule has 1 aromatic carbocycles. The molecule has 22 heavy (non-hydrogen) atoms. The van der Waals surface area contributed by atoms with E-state index in [1.165, 1.54) is 21.2 Å². The van der Waals surface area contributed by atoms with E-state index < -0.39 is 0 Å². The first-order chi connectivity index (χ1) is 9.95. The van der Waals surface area contributed by atoms with Crippen molar-refractivity contribution in [1.82, 2.24) is 0 Å². The van der Waals surface area contributed by atoms with E-state index >= 15 is 0 Å². The standard InChI is InChI=1S/C20H29BrO/c1-8-13-16(20(5,6)7)10-15-14(17(13)21)9-12(18(15)22)11-19(2,3)4/h10,12H,8-9,11H2,1-7H3. The number of benzene rings is 1. The Morgan fingerprint density at radius 3 is 2.23 bits per heavy atom. The van der Waals surface area contributed by atoms with Gasteiger partial charge < -0.3 is 0 Å². The third-order valence-electron chi connectivity index (χ3n) is 4.58. The number of halogens is 1. The molecule has 1 aromatic rings. The van der Waals surface area contributed by atoms with Crippen molar-refractivity contribution in [3.05, 3.63) is 32.8 Å². The van der Waals surface area contributed by atoms with E-state index in [4.69, 9.17) is 0 Å². The minimum absolute atomic E-state index is 0.0608. The summed E-state index contributed by atoms with van der Waals surface area (Å²) in [6, 6.07) is 2.18. The molecule has 1 nitrogen and oxygen atoms in total. The molecule has 1 unspecified atom stereocenters. The van der Waals surface area contributed by atoms with Gasteiger partial charge in [0, 0.05) is 16.0 Å². The maximum Gasteiger partial charge on any atom is 0.166 e. The van der Waals surface area contributed by atoms with Crippen molar-refractivity contribution in [3.63, 3.8) is 0 Å². The Labute approximate surface area is 144 Å². The van der Waals surface area contributed by atoms with E-state index in [1.54, 1.807) is 0 Å². The van der Waals surface area contributed by atoms with Gasteiger partial charge in [0.1, 0.15) is 0 Å². The van der Waals surface area contributed by atoms with E-state index in [1.807, 2.05) is 0 Å². The monoisotopic (exact) mass is 364 g/mol. The topological polar surface area (TPSA) is 17.1 Å². The van der Waals surface area contributed by atoms with E-state index in [9.17, 15) is 4.79 Å². The number of Topliss-reactive ketones (excluding diaryl/α,β-unsaturated/α-hetero) is 1. The van der Waals surface area contributed by atoms with Crippen LogP contribution in [0.2, 0.25) is 0 Å². The van der Waals surface area contributed by atoms with Gasteiger partial charge in [-0.3, -0.25) is 4.79 Å². The van der Waals surface area contributed by atoms with E-state index in [0.717, 1.165) is 24.8 Å².